The molecule has 0 atom stereocenters. The van der Waals surface area contributed by atoms with Gasteiger partial charge in [0.15, 0.2) is 0 Å². The van der Waals surface area contributed by atoms with Crippen molar-refractivity contribution in [2.75, 3.05) is 13.6 Å². The smallest absolute Gasteiger partial charge is 0.410 e. The van der Waals surface area contributed by atoms with Gasteiger partial charge < -0.3 is 9.64 Å². The van der Waals surface area contributed by atoms with E-state index in [-0.39, 0.29) is 6.09 Å². The summed E-state index contributed by atoms with van der Waals surface area (Å²) in [6.45, 7) is 6.20. The maximum absolute atomic E-state index is 11.7. The van der Waals surface area contributed by atoms with Crippen molar-refractivity contribution in [2.45, 2.75) is 32.8 Å². The Morgan fingerprint density at radius 1 is 1.53 bits per heavy atom. The lowest BCUT2D eigenvalue weighted by Crippen LogP contribution is -2.35. The minimum Gasteiger partial charge on any atom is -0.444 e. The molecule has 96 valence electrons. The molecule has 5 nitrogen and oxygen atoms in total. The Hall–Kier alpha value is -1.52. The van der Waals surface area contributed by atoms with E-state index in [1.807, 2.05) is 38.6 Å². The van der Waals surface area contributed by atoms with Gasteiger partial charge in [-0.2, -0.15) is 5.10 Å². The van der Waals surface area contributed by atoms with Crippen LogP contribution in [0.15, 0.2) is 12.3 Å². The molecule has 0 fully saturated rings. The standard InChI is InChI=1S/C12H21N3O2/c1-12(2,3)17-11(16)14(4)9-7-10-6-8-13-15(10)5/h6,8H,7,9H2,1-5H3. The number of carbonyl (C=O) groups is 1. The van der Waals surface area contributed by atoms with Gasteiger partial charge in [0.25, 0.3) is 0 Å². The maximum Gasteiger partial charge on any atom is 0.410 e. The number of hydrogen-bond donors (Lipinski definition) is 0. The van der Waals surface area contributed by atoms with Gasteiger partial charge in [-0.05, 0) is 26.8 Å². The van der Waals surface area contributed by atoms with E-state index in [2.05, 4.69) is 5.10 Å². The molecule has 0 aliphatic carbocycles. The van der Waals surface area contributed by atoms with Crippen LogP contribution < -0.4 is 0 Å². The molecule has 0 N–H and O–H groups in total. The number of likely N-dealkylation sites (N-methyl/N-ethyl adjacent to an activating group) is 1. The number of ether oxygens (including phenoxy) is 1. The third-order valence-corrected chi connectivity index (χ3v) is 2.33. The Bertz CT molecular complexity index is 379. The quantitative estimate of drug-likeness (QED) is 0.808. The third kappa shape index (κ3) is 4.46. The van der Waals surface area contributed by atoms with Crippen LogP contribution in [0.1, 0.15) is 26.5 Å². The summed E-state index contributed by atoms with van der Waals surface area (Å²) in [5.74, 6) is 0. The summed E-state index contributed by atoms with van der Waals surface area (Å²) in [5.41, 5.74) is 0.651. The number of hydrogen-bond acceptors (Lipinski definition) is 3. The Morgan fingerprint density at radius 3 is 2.65 bits per heavy atom. The largest absolute Gasteiger partial charge is 0.444 e. The zero-order chi connectivity index (χ0) is 13.1. The van der Waals surface area contributed by atoms with E-state index < -0.39 is 5.60 Å². The molecule has 0 unspecified atom stereocenters. The molecule has 0 aromatic carbocycles. The number of aromatic nitrogens is 2. The molecule has 1 rings (SSSR count). The SMILES string of the molecule is CN(CCc1ccnn1C)C(=O)OC(C)(C)C. The first kappa shape index (κ1) is 13.5. The lowest BCUT2D eigenvalue weighted by Gasteiger charge is -2.24. The number of nitrogens with zero attached hydrogens (tertiary/aromatic N) is 3. The third-order valence-electron chi connectivity index (χ3n) is 2.33. The van der Waals surface area contributed by atoms with Gasteiger partial charge in [-0.1, -0.05) is 0 Å². The van der Waals surface area contributed by atoms with Crippen molar-refractivity contribution >= 4 is 6.09 Å². The van der Waals surface area contributed by atoms with Crippen LogP contribution >= 0.6 is 0 Å². The Morgan fingerprint density at radius 2 is 2.18 bits per heavy atom. The Balaban J connectivity index is 2.42. The van der Waals surface area contributed by atoms with E-state index in [0.29, 0.717) is 6.54 Å². The topological polar surface area (TPSA) is 47.4 Å². The fourth-order valence-corrected chi connectivity index (χ4v) is 1.36. The van der Waals surface area contributed by atoms with Gasteiger partial charge >= 0.3 is 6.09 Å². The van der Waals surface area contributed by atoms with Crippen LogP contribution in [0.3, 0.4) is 0 Å². The monoisotopic (exact) mass is 239 g/mol. The van der Waals surface area contributed by atoms with Gasteiger partial charge in [-0.25, -0.2) is 4.79 Å². The van der Waals surface area contributed by atoms with E-state index in [0.717, 1.165) is 12.1 Å². The molecule has 17 heavy (non-hydrogen) atoms. The van der Waals surface area contributed by atoms with E-state index in [1.165, 1.54) is 0 Å². The van der Waals surface area contributed by atoms with Crippen molar-refractivity contribution in [2.24, 2.45) is 7.05 Å². The number of rotatable bonds is 3. The van der Waals surface area contributed by atoms with Crippen LogP contribution in [0.25, 0.3) is 0 Å². The molecule has 5 heteroatoms. The summed E-state index contributed by atoms with van der Waals surface area (Å²) < 4.78 is 7.07. The van der Waals surface area contributed by atoms with Crippen molar-refractivity contribution in [1.82, 2.24) is 14.7 Å². The summed E-state index contributed by atoms with van der Waals surface area (Å²) >= 11 is 0. The fraction of sp³-hybridized carbons (Fsp3) is 0.667. The normalized spacial score (nSPS) is 11.4. The van der Waals surface area contributed by atoms with Crippen LogP contribution in [-0.2, 0) is 18.2 Å². The molecule has 0 aliphatic heterocycles. The highest BCUT2D eigenvalue weighted by atomic mass is 16.6. The van der Waals surface area contributed by atoms with Crippen LogP contribution in [0.4, 0.5) is 4.79 Å². The predicted octanol–water partition coefficient (Wildman–Crippen LogP) is 1.83. The van der Waals surface area contributed by atoms with Crippen molar-refractivity contribution in [1.29, 1.82) is 0 Å². The molecule has 1 amide bonds. The number of amides is 1. The molecule has 0 saturated heterocycles. The first-order chi connectivity index (χ1) is 7.79. The lowest BCUT2D eigenvalue weighted by atomic mass is 10.2. The van der Waals surface area contributed by atoms with Crippen LogP contribution in [-0.4, -0.2) is 40.0 Å². The second-order valence-corrected chi connectivity index (χ2v) is 5.10. The molecule has 0 radical (unpaired) electrons. The minimum atomic E-state index is -0.447. The molecule has 1 aromatic heterocycles. The summed E-state index contributed by atoms with van der Waals surface area (Å²) in [6.07, 6.45) is 2.23. The zero-order valence-corrected chi connectivity index (χ0v) is 11.2. The Kier molecular flexibility index (Phi) is 4.15. The second-order valence-electron chi connectivity index (χ2n) is 5.10. The molecule has 1 aromatic rings. The van der Waals surface area contributed by atoms with Gasteiger partial charge in [-0.3, -0.25) is 4.68 Å². The average molecular weight is 239 g/mol. The molecule has 1 heterocycles. The highest BCUT2D eigenvalue weighted by Crippen LogP contribution is 2.09. The molecule has 0 bridgehead atoms. The summed E-state index contributed by atoms with van der Waals surface area (Å²) in [4.78, 5) is 13.3. The molecular formula is C12H21N3O2. The number of aryl methyl sites for hydroxylation is 1. The predicted molar refractivity (Wildman–Crippen MR) is 65.8 cm³/mol. The average Bonchev–Trinajstić information content (AvgIpc) is 2.57. The maximum atomic E-state index is 11.7. The van der Waals surface area contributed by atoms with Crippen LogP contribution in [0, 0.1) is 0 Å². The summed E-state index contributed by atoms with van der Waals surface area (Å²) in [5, 5.41) is 4.08. The molecular weight excluding hydrogens is 218 g/mol. The van der Waals surface area contributed by atoms with Crippen LogP contribution in [0.2, 0.25) is 0 Å². The highest BCUT2D eigenvalue weighted by Gasteiger charge is 2.19. The van der Waals surface area contributed by atoms with E-state index >= 15 is 0 Å². The first-order valence-electron chi connectivity index (χ1n) is 5.70. The number of carbonyl (C=O) groups excluding carboxylic acids is 1. The zero-order valence-electron chi connectivity index (χ0n) is 11.2. The first-order valence-corrected chi connectivity index (χ1v) is 5.70. The van der Waals surface area contributed by atoms with E-state index in [9.17, 15) is 4.79 Å². The van der Waals surface area contributed by atoms with Gasteiger partial charge in [0.05, 0.1) is 0 Å². The van der Waals surface area contributed by atoms with Crippen molar-refractivity contribution in [3.8, 4) is 0 Å². The fourth-order valence-electron chi connectivity index (χ4n) is 1.36. The van der Waals surface area contributed by atoms with Crippen molar-refractivity contribution in [3.63, 3.8) is 0 Å². The minimum absolute atomic E-state index is 0.292. The van der Waals surface area contributed by atoms with Gasteiger partial charge in [-0.15, -0.1) is 0 Å². The van der Waals surface area contributed by atoms with Gasteiger partial charge in [0.2, 0.25) is 0 Å². The van der Waals surface area contributed by atoms with E-state index in [1.54, 1.807) is 18.1 Å². The lowest BCUT2D eigenvalue weighted by molar-refractivity contribution is 0.0300. The summed E-state index contributed by atoms with van der Waals surface area (Å²) in [7, 11) is 3.63. The van der Waals surface area contributed by atoms with Crippen molar-refractivity contribution in [3.05, 3.63) is 18.0 Å². The van der Waals surface area contributed by atoms with Crippen LogP contribution in [0.5, 0.6) is 0 Å². The van der Waals surface area contributed by atoms with Crippen molar-refractivity contribution < 1.29 is 9.53 Å². The van der Waals surface area contributed by atoms with E-state index in [4.69, 9.17) is 4.74 Å². The molecule has 0 spiro atoms. The molecule has 0 aliphatic rings. The molecule has 0 saturated carbocycles. The summed E-state index contributed by atoms with van der Waals surface area (Å²) in [6, 6.07) is 1.95. The Labute approximate surface area is 102 Å². The highest BCUT2D eigenvalue weighted by molar-refractivity contribution is 5.67. The van der Waals surface area contributed by atoms with Gasteiger partial charge in [0, 0.05) is 39.0 Å². The van der Waals surface area contributed by atoms with Gasteiger partial charge in [0.1, 0.15) is 5.60 Å². The second kappa shape index (κ2) is 5.21.